The van der Waals surface area contributed by atoms with Crippen LogP contribution in [0.15, 0.2) is 176 Å². The molecular weight excluding hydrogens is 661 g/mol. The van der Waals surface area contributed by atoms with Crippen LogP contribution in [0.5, 0.6) is 0 Å². The van der Waals surface area contributed by atoms with Crippen molar-refractivity contribution in [1.82, 2.24) is 4.57 Å². The zero-order chi connectivity index (χ0) is 35.0. The Morgan fingerprint density at radius 1 is 0.528 bits per heavy atom. The molecule has 0 saturated carbocycles. The molecule has 0 unspecified atom stereocenters. The van der Waals surface area contributed by atoms with Crippen LogP contribution in [0.4, 0.5) is 17.1 Å². The fraction of sp³-hybridized carbons (Fsp3) is 0. The van der Waals surface area contributed by atoms with Gasteiger partial charge in [-0.3, -0.25) is 0 Å². The summed E-state index contributed by atoms with van der Waals surface area (Å²) in [7, 11) is 0. The molecule has 53 heavy (non-hydrogen) atoms. The van der Waals surface area contributed by atoms with Gasteiger partial charge in [-0.2, -0.15) is 0 Å². The number of aromatic nitrogens is 1. The summed E-state index contributed by atoms with van der Waals surface area (Å²) in [5.41, 5.74) is 12.8. The lowest BCUT2D eigenvalue weighted by atomic mass is 9.91. The van der Waals surface area contributed by atoms with E-state index in [-0.39, 0.29) is 0 Å². The van der Waals surface area contributed by atoms with Gasteiger partial charge in [-0.1, -0.05) is 122 Å². The standard InChI is InChI=1S/C50H32N2S/c1-2-32-28-42-38(26-27-47-48(42)39-23-13-15-25-46(39)53-47)49-41(32)31-40(33-16-6-3-7-17-33)44-30-36(29-43-37-22-12-14-24-45(37)52(49)50(43)44)51(34-18-8-4-9-19-34)35-20-10-5-11-21-35/h2-31H,1H2. The molecule has 3 heterocycles. The Morgan fingerprint density at radius 3 is 1.92 bits per heavy atom. The van der Waals surface area contributed by atoms with Crippen molar-refractivity contribution in [2.24, 2.45) is 0 Å². The Morgan fingerprint density at radius 2 is 1.19 bits per heavy atom. The minimum Gasteiger partial charge on any atom is -0.310 e. The summed E-state index contributed by atoms with van der Waals surface area (Å²) in [6, 6.07) is 61.9. The number of nitrogens with zero attached hydrogens (tertiary/aromatic N) is 2. The highest BCUT2D eigenvalue weighted by atomic mass is 32.1. The topological polar surface area (TPSA) is 8.17 Å². The van der Waals surface area contributed by atoms with Crippen LogP contribution in [0.2, 0.25) is 0 Å². The smallest absolute Gasteiger partial charge is 0.0621 e. The van der Waals surface area contributed by atoms with Crippen LogP contribution < -0.4 is 4.90 Å². The average Bonchev–Trinajstić information content (AvgIpc) is 3.71. The molecule has 0 N–H and O–H groups in total. The zero-order valence-electron chi connectivity index (χ0n) is 28.8. The maximum atomic E-state index is 4.41. The van der Waals surface area contributed by atoms with Crippen molar-refractivity contribution in [3.63, 3.8) is 0 Å². The maximum absolute atomic E-state index is 4.41. The fourth-order valence-corrected chi connectivity index (χ4v) is 9.73. The molecule has 11 rings (SSSR count). The van der Waals surface area contributed by atoms with Crippen molar-refractivity contribution in [3.8, 4) is 5.69 Å². The Labute approximate surface area is 311 Å². The number of para-hydroxylation sites is 3. The van der Waals surface area contributed by atoms with Gasteiger partial charge in [-0.05, 0) is 88.8 Å². The van der Waals surface area contributed by atoms with E-state index in [0.717, 1.165) is 22.6 Å². The second-order valence-corrected chi connectivity index (χ2v) is 14.8. The molecule has 8 aromatic carbocycles. The van der Waals surface area contributed by atoms with Crippen molar-refractivity contribution in [2.75, 3.05) is 4.90 Å². The highest BCUT2D eigenvalue weighted by Crippen LogP contribution is 2.50. The van der Waals surface area contributed by atoms with E-state index in [1.807, 2.05) is 17.4 Å². The average molecular weight is 693 g/mol. The third-order valence-electron chi connectivity index (χ3n) is 10.9. The van der Waals surface area contributed by atoms with Gasteiger partial charge in [0.1, 0.15) is 0 Å². The van der Waals surface area contributed by atoms with Gasteiger partial charge in [0.2, 0.25) is 0 Å². The summed E-state index contributed by atoms with van der Waals surface area (Å²) in [6.45, 7) is 4.41. The van der Waals surface area contributed by atoms with E-state index in [9.17, 15) is 0 Å². The van der Waals surface area contributed by atoms with E-state index in [4.69, 9.17) is 0 Å². The first-order valence-corrected chi connectivity index (χ1v) is 18.9. The predicted molar refractivity (Wildman–Crippen MR) is 229 cm³/mol. The summed E-state index contributed by atoms with van der Waals surface area (Å²) < 4.78 is 5.16. The highest BCUT2D eigenvalue weighted by molar-refractivity contribution is 7.26. The van der Waals surface area contributed by atoms with Gasteiger partial charge in [0.05, 0.1) is 16.7 Å². The van der Waals surface area contributed by atoms with Crippen LogP contribution in [0.1, 0.15) is 22.3 Å². The third kappa shape index (κ3) is 4.45. The molecule has 1 aliphatic heterocycles. The van der Waals surface area contributed by atoms with Crippen LogP contribution in [0.25, 0.3) is 76.2 Å². The fourth-order valence-electron chi connectivity index (χ4n) is 8.60. The second-order valence-electron chi connectivity index (χ2n) is 13.7. The van der Waals surface area contributed by atoms with E-state index >= 15 is 0 Å². The molecule has 0 bridgehead atoms. The number of benzene rings is 8. The number of anilines is 3. The summed E-state index contributed by atoms with van der Waals surface area (Å²) >= 11 is 1.87. The minimum atomic E-state index is 1.11. The van der Waals surface area contributed by atoms with E-state index < -0.39 is 0 Å². The SMILES string of the molecule is C=Cc1cc2c(ccc3sc4ccccc4c32)c2c1C=C(c1ccccc1)c1cc(N(c3ccccc3)c3ccccc3)cc3c4ccccc4n-2c13. The predicted octanol–water partition coefficient (Wildman–Crippen LogP) is 14.3. The number of rotatable bonds is 5. The van der Waals surface area contributed by atoms with Crippen molar-refractivity contribution < 1.29 is 0 Å². The van der Waals surface area contributed by atoms with Gasteiger partial charge in [0, 0.05) is 64.5 Å². The molecule has 0 spiro atoms. The molecule has 0 saturated heterocycles. The van der Waals surface area contributed by atoms with Crippen molar-refractivity contribution in [1.29, 1.82) is 0 Å². The van der Waals surface area contributed by atoms with Crippen LogP contribution in [0.3, 0.4) is 0 Å². The van der Waals surface area contributed by atoms with Gasteiger partial charge in [-0.25, -0.2) is 0 Å². The van der Waals surface area contributed by atoms with Crippen molar-refractivity contribution >= 4 is 98.9 Å². The molecule has 10 aromatic rings. The molecular formula is C50H32N2S. The van der Waals surface area contributed by atoms with Crippen molar-refractivity contribution in [2.45, 2.75) is 0 Å². The van der Waals surface area contributed by atoms with E-state index in [0.29, 0.717) is 0 Å². The molecule has 0 fully saturated rings. The lowest BCUT2D eigenvalue weighted by Gasteiger charge is -2.26. The van der Waals surface area contributed by atoms with Crippen LogP contribution in [-0.4, -0.2) is 4.57 Å². The largest absolute Gasteiger partial charge is 0.310 e. The van der Waals surface area contributed by atoms with Gasteiger partial charge >= 0.3 is 0 Å². The minimum absolute atomic E-state index is 1.11. The molecule has 0 aliphatic carbocycles. The second kappa shape index (κ2) is 11.7. The molecule has 1 aliphatic rings. The molecule has 2 nitrogen and oxygen atoms in total. The summed E-state index contributed by atoms with van der Waals surface area (Å²) in [5, 5.41) is 7.56. The van der Waals surface area contributed by atoms with Crippen molar-refractivity contribution in [3.05, 3.63) is 199 Å². The first kappa shape index (κ1) is 30.0. The van der Waals surface area contributed by atoms with Crippen LogP contribution in [-0.2, 0) is 0 Å². The van der Waals surface area contributed by atoms with E-state index in [2.05, 4.69) is 192 Å². The van der Waals surface area contributed by atoms with Gasteiger partial charge in [-0.15, -0.1) is 11.3 Å². The Hall–Kier alpha value is -6.68. The first-order valence-electron chi connectivity index (χ1n) is 18.1. The van der Waals surface area contributed by atoms with E-state index in [1.54, 1.807) is 0 Å². The van der Waals surface area contributed by atoms with Gasteiger partial charge in [0.25, 0.3) is 0 Å². The quantitative estimate of drug-likeness (QED) is 0.174. The molecule has 2 aromatic heterocycles. The summed E-state index contributed by atoms with van der Waals surface area (Å²) in [5.74, 6) is 0. The Kier molecular flexibility index (Phi) is 6.61. The Balaban J connectivity index is 1.34. The number of hydrogen-bond donors (Lipinski definition) is 0. The third-order valence-corrected chi connectivity index (χ3v) is 12.0. The zero-order valence-corrected chi connectivity index (χ0v) is 29.6. The monoisotopic (exact) mass is 692 g/mol. The number of fused-ring (bicyclic) bond motifs is 11. The van der Waals surface area contributed by atoms with Gasteiger partial charge < -0.3 is 9.47 Å². The van der Waals surface area contributed by atoms with Crippen LogP contribution in [0, 0.1) is 0 Å². The maximum Gasteiger partial charge on any atom is 0.0621 e. The molecule has 0 atom stereocenters. The van der Waals surface area contributed by atoms with E-state index in [1.165, 1.54) is 80.7 Å². The lowest BCUT2D eigenvalue weighted by Crippen LogP contribution is -2.10. The van der Waals surface area contributed by atoms with Crippen LogP contribution >= 0.6 is 11.3 Å². The summed E-state index contributed by atoms with van der Waals surface area (Å²) in [6.07, 6.45) is 4.47. The lowest BCUT2D eigenvalue weighted by molar-refractivity contribution is 1.19. The highest BCUT2D eigenvalue weighted by Gasteiger charge is 2.28. The summed E-state index contributed by atoms with van der Waals surface area (Å²) in [4.78, 5) is 2.38. The molecule has 0 radical (unpaired) electrons. The Bertz CT molecular complexity index is 3070. The van der Waals surface area contributed by atoms with Gasteiger partial charge in [0.15, 0.2) is 0 Å². The number of hydrogen-bond acceptors (Lipinski definition) is 2. The molecule has 3 heteroatoms. The number of thiophene rings is 1. The normalized spacial score (nSPS) is 12.3. The first-order chi connectivity index (χ1) is 26.3. The molecule has 248 valence electrons. The molecule has 0 amide bonds.